The minimum Gasteiger partial charge on any atom is -0.493 e. The monoisotopic (exact) mass is 409 g/mol. The van der Waals surface area contributed by atoms with Crippen LogP contribution in [0.2, 0.25) is 0 Å². The number of nitrogens with zero attached hydrogens (tertiary/aromatic N) is 1. The third-order valence-corrected chi connectivity index (χ3v) is 5.16. The van der Waals surface area contributed by atoms with Gasteiger partial charge in [-0.1, -0.05) is 6.07 Å². The molecule has 1 aliphatic rings. The smallest absolute Gasteiger partial charge is 0.310 e. The van der Waals surface area contributed by atoms with Crippen LogP contribution in [0.15, 0.2) is 18.2 Å². The molecule has 1 aromatic carbocycles. The molecule has 0 amide bonds. The first-order valence-electron chi connectivity index (χ1n) is 9.50. The summed E-state index contributed by atoms with van der Waals surface area (Å²) in [4.78, 5) is 35.0. The zero-order valence-electron chi connectivity index (χ0n) is 16.9. The maximum absolute atomic E-state index is 12.3. The van der Waals surface area contributed by atoms with Crippen molar-refractivity contribution in [1.82, 2.24) is 0 Å². The number of rotatable bonds is 10. The van der Waals surface area contributed by atoms with Crippen molar-refractivity contribution in [2.24, 2.45) is 5.92 Å². The Hall–Kier alpha value is -2.84. The van der Waals surface area contributed by atoms with E-state index < -0.39 is 35.2 Å². The summed E-state index contributed by atoms with van der Waals surface area (Å²) in [6.07, 6.45) is 3.75. The van der Waals surface area contributed by atoms with Gasteiger partial charge in [0.1, 0.15) is 0 Å². The molecule has 1 fully saturated rings. The molecule has 1 aliphatic carbocycles. The number of benzene rings is 1. The molecule has 0 spiro atoms. The lowest BCUT2D eigenvalue weighted by atomic mass is 9.83. The van der Waals surface area contributed by atoms with E-state index in [2.05, 4.69) is 4.74 Å². The topological polar surface area (TPSA) is 114 Å². The Bertz CT molecular complexity index is 729. The molecule has 2 atom stereocenters. The van der Waals surface area contributed by atoms with Gasteiger partial charge in [0, 0.05) is 4.92 Å². The highest BCUT2D eigenvalue weighted by Gasteiger charge is 2.37. The van der Waals surface area contributed by atoms with Crippen molar-refractivity contribution in [3.05, 3.63) is 33.9 Å². The van der Waals surface area contributed by atoms with E-state index in [1.54, 1.807) is 18.2 Å². The van der Waals surface area contributed by atoms with Gasteiger partial charge in [-0.2, -0.15) is 0 Å². The van der Waals surface area contributed by atoms with Crippen molar-refractivity contribution in [2.75, 3.05) is 27.9 Å². The summed E-state index contributed by atoms with van der Waals surface area (Å²) in [6, 6.07) is 4.94. The van der Waals surface area contributed by atoms with E-state index in [1.165, 1.54) is 21.3 Å². The molecule has 0 N–H and O–H groups in total. The molecule has 0 radical (unpaired) electrons. The van der Waals surface area contributed by atoms with E-state index in [0.29, 0.717) is 17.1 Å². The van der Waals surface area contributed by atoms with E-state index in [0.717, 1.165) is 25.7 Å². The van der Waals surface area contributed by atoms with E-state index in [4.69, 9.17) is 14.2 Å². The third kappa shape index (κ3) is 6.07. The molecule has 9 heteroatoms. The largest absolute Gasteiger partial charge is 0.493 e. The maximum Gasteiger partial charge on any atom is 0.310 e. The van der Waals surface area contributed by atoms with Gasteiger partial charge in [-0.05, 0) is 43.4 Å². The van der Waals surface area contributed by atoms with Gasteiger partial charge < -0.3 is 18.9 Å². The van der Waals surface area contributed by atoms with Gasteiger partial charge >= 0.3 is 11.9 Å². The minimum atomic E-state index is -1.06. The lowest BCUT2D eigenvalue weighted by Crippen LogP contribution is -2.31. The number of esters is 2. The number of ether oxygens (including phenoxy) is 4. The van der Waals surface area contributed by atoms with Gasteiger partial charge in [-0.15, -0.1) is 0 Å². The average molecular weight is 409 g/mol. The second-order valence-corrected chi connectivity index (χ2v) is 6.97. The van der Waals surface area contributed by atoms with Gasteiger partial charge in [0.05, 0.1) is 45.7 Å². The van der Waals surface area contributed by atoms with Crippen molar-refractivity contribution in [3.63, 3.8) is 0 Å². The van der Waals surface area contributed by atoms with Crippen molar-refractivity contribution in [2.45, 2.75) is 44.1 Å². The molecular weight excluding hydrogens is 382 g/mol. The molecule has 1 saturated carbocycles. The molecule has 29 heavy (non-hydrogen) atoms. The highest BCUT2D eigenvalue weighted by molar-refractivity contribution is 5.80. The normalized spacial score (nSPS) is 16.0. The van der Waals surface area contributed by atoms with Crippen LogP contribution in [-0.4, -0.2) is 50.8 Å². The first-order valence-corrected chi connectivity index (χ1v) is 9.50. The van der Waals surface area contributed by atoms with Gasteiger partial charge in [-0.3, -0.25) is 19.7 Å². The second-order valence-electron chi connectivity index (χ2n) is 6.97. The van der Waals surface area contributed by atoms with Crippen LogP contribution in [0.5, 0.6) is 11.5 Å². The van der Waals surface area contributed by atoms with E-state index in [9.17, 15) is 19.7 Å². The number of carbonyl (C=O) groups is 2. The van der Waals surface area contributed by atoms with E-state index in [1.807, 2.05) is 0 Å². The highest BCUT2D eigenvalue weighted by atomic mass is 16.6. The molecule has 160 valence electrons. The van der Waals surface area contributed by atoms with Crippen molar-refractivity contribution in [3.8, 4) is 11.5 Å². The summed E-state index contributed by atoms with van der Waals surface area (Å²) >= 11 is 0. The summed E-state index contributed by atoms with van der Waals surface area (Å²) in [5, 5.41) is 11.3. The standard InChI is InChI=1S/C20H27NO8/c1-26-17-9-8-13(10-18(17)29-14-6-4-5-7-14)16(12-21(24)25)15(20(23)28-3)11-19(22)27-2/h8-10,14-16H,4-7,11-12H2,1-3H3. The molecule has 0 saturated heterocycles. The Balaban J connectivity index is 2.41. The Morgan fingerprint density at radius 3 is 2.38 bits per heavy atom. The molecule has 9 nitrogen and oxygen atoms in total. The predicted molar refractivity (Wildman–Crippen MR) is 103 cm³/mol. The van der Waals surface area contributed by atoms with Crippen molar-refractivity contribution < 1.29 is 33.5 Å². The summed E-state index contributed by atoms with van der Waals surface area (Å²) in [7, 11) is 3.89. The number of nitro groups is 1. The van der Waals surface area contributed by atoms with E-state index >= 15 is 0 Å². The minimum absolute atomic E-state index is 0.0552. The molecular formula is C20H27NO8. The second kappa shape index (κ2) is 10.6. The summed E-state index contributed by atoms with van der Waals surface area (Å²) < 4.78 is 20.9. The van der Waals surface area contributed by atoms with Crippen LogP contribution in [0.4, 0.5) is 0 Å². The van der Waals surface area contributed by atoms with Gasteiger partial charge in [-0.25, -0.2) is 0 Å². The van der Waals surface area contributed by atoms with Gasteiger partial charge in [0.25, 0.3) is 0 Å². The van der Waals surface area contributed by atoms with Gasteiger partial charge in [0.15, 0.2) is 11.5 Å². The lowest BCUT2D eigenvalue weighted by molar-refractivity contribution is -0.484. The average Bonchev–Trinajstić information content (AvgIpc) is 3.22. The van der Waals surface area contributed by atoms with Crippen molar-refractivity contribution in [1.29, 1.82) is 0 Å². The predicted octanol–water partition coefficient (Wildman–Crippen LogP) is 2.73. The number of hydrogen-bond acceptors (Lipinski definition) is 8. The summed E-state index contributed by atoms with van der Waals surface area (Å²) in [5.74, 6) is -2.35. The van der Waals surface area contributed by atoms with Crippen LogP contribution >= 0.6 is 0 Å². The Labute approximate surface area is 169 Å². The Kier molecular flexibility index (Phi) is 8.23. The highest BCUT2D eigenvalue weighted by Crippen LogP contribution is 2.37. The number of hydrogen-bond donors (Lipinski definition) is 0. The van der Waals surface area contributed by atoms with Crippen LogP contribution in [0.25, 0.3) is 0 Å². The van der Waals surface area contributed by atoms with Crippen LogP contribution in [0, 0.1) is 16.0 Å². The quantitative estimate of drug-likeness (QED) is 0.329. The third-order valence-electron chi connectivity index (χ3n) is 5.16. The first-order chi connectivity index (χ1) is 13.9. The molecule has 0 aromatic heterocycles. The number of methoxy groups -OCH3 is 3. The van der Waals surface area contributed by atoms with Crippen LogP contribution in [0.1, 0.15) is 43.6 Å². The molecule has 0 heterocycles. The van der Waals surface area contributed by atoms with Crippen molar-refractivity contribution >= 4 is 11.9 Å². The molecule has 2 unspecified atom stereocenters. The van der Waals surface area contributed by atoms with Crippen LogP contribution in [-0.2, 0) is 19.1 Å². The zero-order valence-corrected chi connectivity index (χ0v) is 16.9. The van der Waals surface area contributed by atoms with E-state index in [-0.39, 0.29) is 12.5 Å². The molecule has 0 aliphatic heterocycles. The first kappa shape index (κ1) is 22.4. The fourth-order valence-electron chi connectivity index (χ4n) is 3.63. The van der Waals surface area contributed by atoms with Crippen LogP contribution in [0.3, 0.4) is 0 Å². The Morgan fingerprint density at radius 1 is 1.14 bits per heavy atom. The summed E-state index contributed by atoms with van der Waals surface area (Å²) in [5.41, 5.74) is 0.495. The fraction of sp³-hybridized carbons (Fsp3) is 0.600. The Morgan fingerprint density at radius 2 is 1.83 bits per heavy atom. The lowest BCUT2D eigenvalue weighted by Gasteiger charge is -2.23. The maximum atomic E-state index is 12.3. The number of carbonyl (C=O) groups excluding carboxylic acids is 2. The fourth-order valence-corrected chi connectivity index (χ4v) is 3.63. The van der Waals surface area contributed by atoms with Crippen LogP contribution < -0.4 is 9.47 Å². The zero-order chi connectivity index (χ0) is 21.4. The molecule has 2 rings (SSSR count). The van der Waals surface area contributed by atoms with Gasteiger partial charge in [0.2, 0.25) is 6.54 Å². The molecule has 1 aromatic rings. The summed E-state index contributed by atoms with van der Waals surface area (Å²) in [6.45, 7) is -0.550. The SMILES string of the molecule is COC(=O)CC(C(=O)OC)C(C[N+](=O)[O-])c1ccc(OC)c(OC2CCCC2)c1. The molecule has 0 bridgehead atoms.